The van der Waals surface area contributed by atoms with Gasteiger partial charge in [0.25, 0.3) is 5.91 Å². The third-order valence-electron chi connectivity index (χ3n) is 2.57. The molecule has 86 valence electrons. The molecular formula is C13H12N2OS. The summed E-state index contributed by atoms with van der Waals surface area (Å²) in [6, 6.07) is 11.8. The summed E-state index contributed by atoms with van der Waals surface area (Å²) in [5.41, 5.74) is 0. The van der Waals surface area contributed by atoms with Crippen LogP contribution in [0.2, 0.25) is 0 Å². The minimum Gasteiger partial charge on any atom is -0.325 e. The van der Waals surface area contributed by atoms with Crippen molar-refractivity contribution in [2.24, 2.45) is 0 Å². The van der Waals surface area contributed by atoms with Crippen molar-refractivity contribution < 1.29 is 4.79 Å². The topological polar surface area (TPSA) is 44.1 Å². The van der Waals surface area contributed by atoms with Crippen LogP contribution in [0.25, 0.3) is 10.1 Å². The van der Waals surface area contributed by atoms with E-state index in [0.717, 1.165) is 10.1 Å². The summed E-state index contributed by atoms with van der Waals surface area (Å²) in [6.45, 7) is 2.58. The molecule has 0 spiro atoms. The van der Waals surface area contributed by atoms with E-state index in [1.165, 1.54) is 11.3 Å². The fraction of sp³-hybridized carbons (Fsp3) is 0.231. The summed E-state index contributed by atoms with van der Waals surface area (Å²) in [6.07, 6.45) is 0. The first-order valence-corrected chi connectivity index (χ1v) is 6.22. The second-order valence-corrected chi connectivity index (χ2v) is 4.71. The summed E-state index contributed by atoms with van der Waals surface area (Å²) >= 11 is 1.47. The number of amides is 1. The molecule has 0 aliphatic carbocycles. The van der Waals surface area contributed by atoms with Crippen LogP contribution < -0.4 is 0 Å². The maximum Gasteiger partial charge on any atom is 0.264 e. The normalized spacial score (nSPS) is 10.1. The van der Waals surface area contributed by atoms with Gasteiger partial charge in [0, 0.05) is 11.2 Å². The fourth-order valence-electron chi connectivity index (χ4n) is 1.66. The quantitative estimate of drug-likeness (QED) is 0.779. The first kappa shape index (κ1) is 11.6. The van der Waals surface area contributed by atoms with Gasteiger partial charge in [-0.15, -0.1) is 11.3 Å². The molecule has 1 aromatic heterocycles. The molecule has 0 radical (unpaired) electrons. The van der Waals surface area contributed by atoms with Gasteiger partial charge in [0.15, 0.2) is 0 Å². The smallest absolute Gasteiger partial charge is 0.264 e. The molecule has 0 aliphatic heterocycles. The number of carbonyl (C=O) groups excluding carboxylic acids is 1. The van der Waals surface area contributed by atoms with Crippen molar-refractivity contribution in [2.45, 2.75) is 6.92 Å². The van der Waals surface area contributed by atoms with E-state index in [1.54, 1.807) is 4.90 Å². The Labute approximate surface area is 104 Å². The monoisotopic (exact) mass is 244 g/mol. The van der Waals surface area contributed by atoms with Crippen molar-refractivity contribution in [3.05, 3.63) is 35.2 Å². The predicted molar refractivity (Wildman–Crippen MR) is 69.0 cm³/mol. The van der Waals surface area contributed by atoms with Gasteiger partial charge in [0.1, 0.15) is 6.54 Å². The summed E-state index contributed by atoms with van der Waals surface area (Å²) in [5.74, 6) is -0.0600. The Bertz CT molecular complexity index is 549. The summed E-state index contributed by atoms with van der Waals surface area (Å²) in [5, 5.41) is 9.74. The van der Waals surface area contributed by atoms with Crippen LogP contribution in [0.15, 0.2) is 30.3 Å². The minimum atomic E-state index is -0.0600. The van der Waals surface area contributed by atoms with Gasteiger partial charge in [0.2, 0.25) is 0 Å². The lowest BCUT2D eigenvalue weighted by Crippen LogP contribution is -2.30. The second kappa shape index (κ2) is 4.98. The molecule has 0 bridgehead atoms. The van der Waals surface area contributed by atoms with Gasteiger partial charge in [-0.1, -0.05) is 18.2 Å². The van der Waals surface area contributed by atoms with Crippen LogP contribution >= 0.6 is 11.3 Å². The van der Waals surface area contributed by atoms with E-state index < -0.39 is 0 Å². The second-order valence-electron chi connectivity index (χ2n) is 3.63. The summed E-state index contributed by atoms with van der Waals surface area (Å²) < 4.78 is 1.10. The van der Waals surface area contributed by atoms with Gasteiger partial charge in [-0.3, -0.25) is 4.79 Å². The van der Waals surface area contributed by atoms with E-state index in [2.05, 4.69) is 0 Å². The van der Waals surface area contributed by atoms with E-state index in [1.807, 2.05) is 43.3 Å². The fourth-order valence-corrected chi connectivity index (χ4v) is 2.69. The molecule has 0 N–H and O–H groups in total. The van der Waals surface area contributed by atoms with Crippen LogP contribution in [-0.4, -0.2) is 23.9 Å². The van der Waals surface area contributed by atoms with Crippen LogP contribution in [0.4, 0.5) is 0 Å². The van der Waals surface area contributed by atoms with Gasteiger partial charge >= 0.3 is 0 Å². The average Bonchev–Trinajstić information content (AvgIpc) is 2.78. The Morgan fingerprint density at radius 1 is 1.47 bits per heavy atom. The molecule has 0 aliphatic rings. The number of fused-ring (bicyclic) bond motifs is 1. The zero-order chi connectivity index (χ0) is 12.3. The first-order chi connectivity index (χ1) is 8.26. The molecule has 0 atom stereocenters. The molecule has 1 amide bonds. The summed E-state index contributed by atoms with van der Waals surface area (Å²) in [7, 11) is 0. The Balaban J connectivity index is 2.33. The van der Waals surface area contributed by atoms with Gasteiger partial charge in [-0.25, -0.2) is 0 Å². The zero-order valence-electron chi connectivity index (χ0n) is 9.51. The Kier molecular flexibility index (Phi) is 3.40. The largest absolute Gasteiger partial charge is 0.325 e. The highest BCUT2D eigenvalue weighted by Gasteiger charge is 2.16. The van der Waals surface area contributed by atoms with Gasteiger partial charge in [-0.2, -0.15) is 5.26 Å². The number of nitriles is 1. The van der Waals surface area contributed by atoms with Crippen LogP contribution in [-0.2, 0) is 0 Å². The van der Waals surface area contributed by atoms with E-state index in [4.69, 9.17) is 5.26 Å². The lowest BCUT2D eigenvalue weighted by molar-refractivity contribution is 0.0789. The molecule has 0 saturated carbocycles. The van der Waals surface area contributed by atoms with Crippen molar-refractivity contribution >= 4 is 27.3 Å². The van der Waals surface area contributed by atoms with E-state index in [9.17, 15) is 4.79 Å². The van der Waals surface area contributed by atoms with Crippen LogP contribution in [0.5, 0.6) is 0 Å². The third-order valence-corrected chi connectivity index (χ3v) is 3.67. The number of nitrogens with zero attached hydrogens (tertiary/aromatic N) is 2. The number of rotatable bonds is 3. The van der Waals surface area contributed by atoms with E-state index in [-0.39, 0.29) is 12.5 Å². The average molecular weight is 244 g/mol. The van der Waals surface area contributed by atoms with Crippen molar-refractivity contribution in [3.63, 3.8) is 0 Å². The maximum atomic E-state index is 12.1. The number of hydrogen-bond acceptors (Lipinski definition) is 3. The zero-order valence-corrected chi connectivity index (χ0v) is 10.3. The molecule has 2 rings (SSSR count). The van der Waals surface area contributed by atoms with Gasteiger partial charge in [-0.05, 0) is 24.4 Å². The number of hydrogen-bond donors (Lipinski definition) is 0. The Hall–Kier alpha value is -1.86. The number of thiophene rings is 1. The third kappa shape index (κ3) is 2.29. The van der Waals surface area contributed by atoms with Crippen molar-refractivity contribution in [3.8, 4) is 6.07 Å². The highest BCUT2D eigenvalue weighted by molar-refractivity contribution is 7.20. The molecule has 0 fully saturated rings. The Morgan fingerprint density at radius 2 is 2.24 bits per heavy atom. The maximum absolute atomic E-state index is 12.1. The molecule has 17 heavy (non-hydrogen) atoms. The molecule has 0 saturated heterocycles. The van der Waals surface area contributed by atoms with Crippen LogP contribution in [0.1, 0.15) is 16.6 Å². The minimum absolute atomic E-state index is 0.0600. The lowest BCUT2D eigenvalue weighted by Gasteiger charge is -2.15. The molecule has 4 heteroatoms. The molecule has 1 heterocycles. The molecule has 1 aromatic carbocycles. The SMILES string of the molecule is CCN(CC#N)C(=O)c1cc2ccccc2s1. The Morgan fingerprint density at radius 3 is 2.88 bits per heavy atom. The summed E-state index contributed by atoms with van der Waals surface area (Å²) in [4.78, 5) is 14.4. The van der Waals surface area contributed by atoms with Crippen LogP contribution in [0, 0.1) is 11.3 Å². The lowest BCUT2D eigenvalue weighted by atomic mass is 10.2. The molecule has 2 aromatic rings. The van der Waals surface area contributed by atoms with Crippen LogP contribution in [0.3, 0.4) is 0 Å². The van der Waals surface area contributed by atoms with Gasteiger partial charge in [0.05, 0.1) is 10.9 Å². The standard InChI is InChI=1S/C13H12N2OS/c1-2-15(8-7-14)13(16)12-9-10-5-3-4-6-11(10)17-12/h3-6,9H,2,8H2,1H3. The molecule has 3 nitrogen and oxygen atoms in total. The molecule has 0 unspecified atom stereocenters. The van der Waals surface area contributed by atoms with Crippen molar-refractivity contribution in [2.75, 3.05) is 13.1 Å². The predicted octanol–water partition coefficient (Wildman–Crippen LogP) is 2.89. The van der Waals surface area contributed by atoms with Gasteiger partial charge < -0.3 is 4.90 Å². The number of carbonyl (C=O) groups is 1. The molecular weight excluding hydrogens is 232 g/mol. The number of benzene rings is 1. The first-order valence-electron chi connectivity index (χ1n) is 5.41. The highest BCUT2D eigenvalue weighted by atomic mass is 32.1. The van der Waals surface area contributed by atoms with Crippen molar-refractivity contribution in [1.29, 1.82) is 5.26 Å². The van der Waals surface area contributed by atoms with Crippen molar-refractivity contribution in [1.82, 2.24) is 4.90 Å². The van der Waals surface area contributed by atoms with E-state index >= 15 is 0 Å². The van der Waals surface area contributed by atoms with E-state index in [0.29, 0.717) is 11.4 Å². The highest BCUT2D eigenvalue weighted by Crippen LogP contribution is 2.26.